The number of phenolic OH excluding ortho intramolecular Hbond substituents is 1. The van der Waals surface area contributed by atoms with Crippen LogP contribution in [-0.4, -0.2) is 20.7 Å². The van der Waals surface area contributed by atoms with E-state index in [-0.39, 0.29) is 11.4 Å². The maximum Gasteiger partial charge on any atom is 0.352 e. The molecule has 0 aliphatic heterocycles. The quantitative estimate of drug-likeness (QED) is 0.825. The lowest BCUT2D eigenvalue weighted by molar-refractivity contribution is 0.0685. The van der Waals surface area contributed by atoms with Crippen LogP contribution in [-0.2, 0) is 6.54 Å². The summed E-state index contributed by atoms with van der Waals surface area (Å²) in [4.78, 5) is 10.9. The standard InChI is InChI=1S/C12H11NO3/c14-10-4-1-3-9(7-10)8-13-6-2-5-11(13)12(15)16/h1-7,14H,8H2,(H,15,16). The highest BCUT2D eigenvalue weighted by molar-refractivity contribution is 5.85. The highest BCUT2D eigenvalue weighted by atomic mass is 16.4. The molecule has 0 fully saturated rings. The van der Waals surface area contributed by atoms with E-state index < -0.39 is 5.97 Å². The van der Waals surface area contributed by atoms with Crippen molar-refractivity contribution in [2.45, 2.75) is 6.54 Å². The summed E-state index contributed by atoms with van der Waals surface area (Å²) in [5.41, 5.74) is 1.10. The molecule has 0 radical (unpaired) electrons. The predicted molar refractivity (Wildman–Crippen MR) is 58.6 cm³/mol. The summed E-state index contributed by atoms with van der Waals surface area (Å²) in [5.74, 6) is -0.772. The zero-order chi connectivity index (χ0) is 11.5. The topological polar surface area (TPSA) is 62.5 Å². The summed E-state index contributed by atoms with van der Waals surface area (Å²) in [6.45, 7) is 0.434. The van der Waals surface area contributed by atoms with Crippen molar-refractivity contribution in [1.29, 1.82) is 0 Å². The second-order valence-corrected chi connectivity index (χ2v) is 3.50. The van der Waals surface area contributed by atoms with Gasteiger partial charge in [0.25, 0.3) is 0 Å². The fourth-order valence-electron chi connectivity index (χ4n) is 1.60. The maximum atomic E-state index is 10.9. The predicted octanol–water partition coefficient (Wildman–Crippen LogP) is 1.94. The van der Waals surface area contributed by atoms with Gasteiger partial charge in [0.15, 0.2) is 0 Å². The molecule has 4 heteroatoms. The number of aromatic nitrogens is 1. The van der Waals surface area contributed by atoms with Gasteiger partial charge in [-0.15, -0.1) is 0 Å². The van der Waals surface area contributed by atoms with E-state index in [1.165, 1.54) is 0 Å². The minimum atomic E-state index is -0.954. The molecule has 0 aliphatic rings. The van der Waals surface area contributed by atoms with Crippen molar-refractivity contribution in [2.75, 3.05) is 0 Å². The Kier molecular flexibility index (Phi) is 2.64. The third kappa shape index (κ3) is 2.06. The first-order chi connectivity index (χ1) is 7.66. The molecule has 16 heavy (non-hydrogen) atoms. The lowest BCUT2D eigenvalue weighted by Gasteiger charge is -2.06. The summed E-state index contributed by atoms with van der Waals surface area (Å²) in [5, 5.41) is 18.2. The van der Waals surface area contributed by atoms with E-state index in [2.05, 4.69) is 0 Å². The van der Waals surface area contributed by atoms with Crippen molar-refractivity contribution < 1.29 is 15.0 Å². The van der Waals surface area contributed by atoms with Crippen LogP contribution >= 0.6 is 0 Å². The summed E-state index contributed by atoms with van der Waals surface area (Å²) >= 11 is 0. The molecule has 0 unspecified atom stereocenters. The van der Waals surface area contributed by atoms with Crippen molar-refractivity contribution >= 4 is 5.97 Å². The summed E-state index contributed by atoms with van der Waals surface area (Å²) < 4.78 is 1.62. The van der Waals surface area contributed by atoms with Crippen LogP contribution in [0.3, 0.4) is 0 Å². The van der Waals surface area contributed by atoms with Gasteiger partial charge in [-0.05, 0) is 29.8 Å². The smallest absolute Gasteiger partial charge is 0.352 e. The molecule has 0 aliphatic carbocycles. The number of rotatable bonds is 3. The van der Waals surface area contributed by atoms with Crippen LogP contribution in [0.2, 0.25) is 0 Å². The molecule has 0 saturated carbocycles. The molecule has 4 nitrogen and oxygen atoms in total. The van der Waals surface area contributed by atoms with Crippen LogP contribution in [0.25, 0.3) is 0 Å². The molecule has 2 rings (SSSR count). The second-order valence-electron chi connectivity index (χ2n) is 3.50. The number of aromatic hydroxyl groups is 1. The number of benzene rings is 1. The largest absolute Gasteiger partial charge is 0.508 e. The van der Waals surface area contributed by atoms with Crippen molar-refractivity contribution in [1.82, 2.24) is 4.57 Å². The van der Waals surface area contributed by atoms with Crippen molar-refractivity contribution in [2.24, 2.45) is 0 Å². The Morgan fingerprint density at radius 2 is 2.06 bits per heavy atom. The number of carbonyl (C=O) groups is 1. The normalized spacial score (nSPS) is 10.2. The SMILES string of the molecule is O=C(O)c1cccn1Cc1cccc(O)c1. The van der Waals surface area contributed by atoms with Crippen LogP contribution in [0.4, 0.5) is 0 Å². The average molecular weight is 217 g/mol. The van der Waals surface area contributed by atoms with Gasteiger partial charge < -0.3 is 14.8 Å². The van der Waals surface area contributed by atoms with E-state index in [9.17, 15) is 9.90 Å². The van der Waals surface area contributed by atoms with Crippen molar-refractivity contribution in [3.63, 3.8) is 0 Å². The van der Waals surface area contributed by atoms with Crippen LogP contribution in [0, 0.1) is 0 Å². The highest BCUT2D eigenvalue weighted by Crippen LogP contribution is 2.13. The minimum Gasteiger partial charge on any atom is -0.508 e. The van der Waals surface area contributed by atoms with Gasteiger partial charge in [-0.2, -0.15) is 0 Å². The number of phenols is 1. The Morgan fingerprint density at radius 1 is 1.25 bits per heavy atom. The van der Waals surface area contributed by atoms with E-state index >= 15 is 0 Å². The monoisotopic (exact) mass is 217 g/mol. The fraction of sp³-hybridized carbons (Fsp3) is 0.0833. The molecule has 1 aromatic heterocycles. The van der Waals surface area contributed by atoms with E-state index in [1.54, 1.807) is 41.1 Å². The van der Waals surface area contributed by atoms with E-state index in [4.69, 9.17) is 5.11 Å². The van der Waals surface area contributed by atoms with E-state index in [1.807, 2.05) is 6.07 Å². The van der Waals surface area contributed by atoms with Gasteiger partial charge in [-0.25, -0.2) is 4.79 Å². The lowest BCUT2D eigenvalue weighted by Crippen LogP contribution is -2.08. The first-order valence-electron chi connectivity index (χ1n) is 4.83. The average Bonchev–Trinajstić information content (AvgIpc) is 2.66. The zero-order valence-electron chi connectivity index (χ0n) is 8.50. The van der Waals surface area contributed by atoms with Gasteiger partial charge in [-0.3, -0.25) is 0 Å². The number of hydrogen-bond donors (Lipinski definition) is 2. The minimum absolute atomic E-state index is 0.182. The number of nitrogens with zero attached hydrogens (tertiary/aromatic N) is 1. The molecule has 1 aromatic carbocycles. The Balaban J connectivity index is 2.27. The van der Waals surface area contributed by atoms with Crippen LogP contribution in [0.15, 0.2) is 42.6 Å². The van der Waals surface area contributed by atoms with E-state index in [0.29, 0.717) is 6.54 Å². The molecule has 0 atom stereocenters. The van der Waals surface area contributed by atoms with Crippen LogP contribution in [0.1, 0.15) is 16.1 Å². The zero-order valence-corrected chi connectivity index (χ0v) is 8.50. The lowest BCUT2D eigenvalue weighted by atomic mass is 10.2. The van der Waals surface area contributed by atoms with Gasteiger partial charge in [0.2, 0.25) is 0 Å². The number of carboxylic acids is 1. The van der Waals surface area contributed by atoms with Gasteiger partial charge in [0, 0.05) is 12.7 Å². The van der Waals surface area contributed by atoms with E-state index in [0.717, 1.165) is 5.56 Å². The maximum absolute atomic E-state index is 10.9. The summed E-state index contributed by atoms with van der Waals surface area (Å²) in [6, 6.07) is 10.0. The Labute approximate surface area is 92.4 Å². The van der Waals surface area contributed by atoms with Crippen LogP contribution in [0.5, 0.6) is 5.75 Å². The molecular weight excluding hydrogens is 206 g/mol. The summed E-state index contributed by atoms with van der Waals surface area (Å²) in [6.07, 6.45) is 1.70. The molecule has 0 spiro atoms. The molecule has 82 valence electrons. The van der Waals surface area contributed by atoms with Crippen molar-refractivity contribution in [3.8, 4) is 5.75 Å². The molecule has 0 bridgehead atoms. The first-order valence-corrected chi connectivity index (χ1v) is 4.83. The van der Waals surface area contributed by atoms with Gasteiger partial charge in [0.1, 0.15) is 11.4 Å². The molecule has 2 N–H and O–H groups in total. The first kappa shape index (κ1) is 10.3. The van der Waals surface area contributed by atoms with Crippen LogP contribution < -0.4 is 0 Å². The number of carboxylic acid groups (broad SMARTS) is 1. The van der Waals surface area contributed by atoms with Gasteiger partial charge in [-0.1, -0.05) is 12.1 Å². The summed E-state index contributed by atoms with van der Waals surface area (Å²) in [7, 11) is 0. The number of aromatic carboxylic acids is 1. The Morgan fingerprint density at radius 3 is 2.75 bits per heavy atom. The Hall–Kier alpha value is -2.23. The fourth-order valence-corrected chi connectivity index (χ4v) is 1.60. The van der Waals surface area contributed by atoms with Crippen molar-refractivity contribution in [3.05, 3.63) is 53.9 Å². The molecule has 2 aromatic rings. The third-order valence-corrected chi connectivity index (χ3v) is 2.31. The molecule has 1 heterocycles. The third-order valence-electron chi connectivity index (χ3n) is 2.31. The number of hydrogen-bond acceptors (Lipinski definition) is 2. The molecule has 0 saturated heterocycles. The second kappa shape index (κ2) is 4.10. The van der Waals surface area contributed by atoms with Gasteiger partial charge >= 0.3 is 5.97 Å². The highest BCUT2D eigenvalue weighted by Gasteiger charge is 2.08. The molecule has 0 amide bonds. The Bertz CT molecular complexity index is 516. The molecular formula is C12H11NO3. The van der Waals surface area contributed by atoms with Gasteiger partial charge in [0.05, 0.1) is 0 Å².